The average molecular weight is 204 g/mol. The molecule has 78 valence electrons. The average Bonchev–Trinajstić information content (AvgIpc) is 2.61. The van der Waals surface area contributed by atoms with Gasteiger partial charge in [0.05, 0.1) is 0 Å². The van der Waals surface area contributed by atoms with Gasteiger partial charge in [-0.3, -0.25) is 4.79 Å². The van der Waals surface area contributed by atoms with Crippen LogP contribution < -0.4 is 4.74 Å². The smallest absolute Gasteiger partial charge is 0.242 e. The Labute approximate surface area is 88.0 Å². The summed E-state index contributed by atoms with van der Waals surface area (Å²) in [5.41, 5.74) is 1.40. The van der Waals surface area contributed by atoms with Crippen molar-refractivity contribution in [1.29, 1.82) is 0 Å². The Bertz CT molecular complexity index is 480. The lowest BCUT2D eigenvalue weighted by Gasteiger charge is -2.07. The van der Waals surface area contributed by atoms with Crippen LogP contribution in [0.1, 0.15) is 36.7 Å². The SMILES string of the molecule is CC(=O)c1ccc2c(c1)OC1(C)OC21C. The Morgan fingerprint density at radius 1 is 1.33 bits per heavy atom. The minimum Gasteiger partial charge on any atom is -0.459 e. The van der Waals surface area contributed by atoms with Gasteiger partial charge in [-0.1, -0.05) is 12.1 Å². The molecule has 15 heavy (non-hydrogen) atoms. The van der Waals surface area contributed by atoms with Gasteiger partial charge in [0.15, 0.2) is 11.4 Å². The lowest BCUT2D eigenvalue weighted by molar-refractivity contribution is 0.0777. The van der Waals surface area contributed by atoms with Gasteiger partial charge in [0, 0.05) is 18.1 Å². The molecule has 2 aliphatic heterocycles. The minimum absolute atomic E-state index is 0.0539. The summed E-state index contributed by atoms with van der Waals surface area (Å²) in [4.78, 5) is 11.2. The number of ketones is 1. The van der Waals surface area contributed by atoms with E-state index in [-0.39, 0.29) is 11.4 Å². The number of ether oxygens (including phenoxy) is 2. The summed E-state index contributed by atoms with van der Waals surface area (Å²) >= 11 is 0. The topological polar surface area (TPSA) is 38.8 Å². The molecule has 3 rings (SSSR count). The van der Waals surface area contributed by atoms with Crippen molar-refractivity contribution in [2.75, 3.05) is 0 Å². The maximum absolute atomic E-state index is 11.2. The highest BCUT2D eigenvalue weighted by molar-refractivity contribution is 5.94. The summed E-state index contributed by atoms with van der Waals surface area (Å²) in [6.07, 6.45) is 0. The van der Waals surface area contributed by atoms with E-state index in [1.54, 1.807) is 13.0 Å². The van der Waals surface area contributed by atoms with Gasteiger partial charge in [-0.05, 0) is 19.9 Å². The number of rotatable bonds is 1. The number of Topliss-reactive ketones (excluding diaryl/α,β-unsaturated/α-hetero) is 1. The van der Waals surface area contributed by atoms with E-state index < -0.39 is 5.79 Å². The van der Waals surface area contributed by atoms with Crippen LogP contribution in [0.4, 0.5) is 0 Å². The van der Waals surface area contributed by atoms with E-state index in [1.165, 1.54) is 0 Å². The third-order valence-corrected chi connectivity index (χ3v) is 3.43. The highest BCUT2D eigenvalue weighted by atomic mass is 16.8. The first kappa shape index (κ1) is 8.92. The van der Waals surface area contributed by atoms with Gasteiger partial charge in [0.2, 0.25) is 5.79 Å². The zero-order valence-electron chi connectivity index (χ0n) is 8.96. The molecule has 3 heteroatoms. The molecule has 0 spiro atoms. The largest absolute Gasteiger partial charge is 0.459 e. The lowest BCUT2D eigenvalue weighted by atomic mass is 9.96. The Morgan fingerprint density at radius 3 is 2.73 bits per heavy atom. The standard InChI is InChI=1S/C12H12O3/c1-7(13)8-4-5-9-10(6-8)14-12(3)11(9,2)15-12/h4-6H,1-3H3. The Hall–Kier alpha value is -1.35. The molecular weight excluding hydrogens is 192 g/mol. The van der Waals surface area contributed by atoms with Crippen LogP contribution in [0, 0.1) is 0 Å². The van der Waals surface area contributed by atoms with Crippen molar-refractivity contribution in [1.82, 2.24) is 0 Å². The molecule has 0 aromatic heterocycles. The Kier molecular flexibility index (Phi) is 1.34. The third kappa shape index (κ3) is 0.913. The van der Waals surface area contributed by atoms with E-state index in [2.05, 4.69) is 0 Å². The first-order chi connectivity index (χ1) is 6.96. The number of carbonyl (C=O) groups excluding carboxylic acids is 1. The van der Waals surface area contributed by atoms with Crippen LogP contribution in [0.5, 0.6) is 5.75 Å². The van der Waals surface area contributed by atoms with E-state index in [9.17, 15) is 4.79 Å². The van der Waals surface area contributed by atoms with Crippen molar-refractivity contribution in [2.24, 2.45) is 0 Å². The normalized spacial score (nSPS) is 35.4. The third-order valence-electron chi connectivity index (χ3n) is 3.43. The second kappa shape index (κ2) is 2.25. The molecule has 2 aliphatic rings. The maximum atomic E-state index is 11.2. The highest BCUT2D eigenvalue weighted by Crippen LogP contribution is 2.63. The highest BCUT2D eigenvalue weighted by Gasteiger charge is 2.72. The molecule has 1 saturated heterocycles. The zero-order chi connectivity index (χ0) is 10.8. The molecule has 2 atom stereocenters. The number of benzene rings is 1. The molecule has 0 radical (unpaired) electrons. The number of hydrogen-bond acceptors (Lipinski definition) is 3. The zero-order valence-corrected chi connectivity index (χ0v) is 8.96. The molecule has 1 fully saturated rings. The van der Waals surface area contributed by atoms with Crippen molar-refractivity contribution in [2.45, 2.75) is 32.2 Å². The van der Waals surface area contributed by atoms with Crippen molar-refractivity contribution >= 4 is 5.78 Å². The summed E-state index contributed by atoms with van der Waals surface area (Å²) in [5.74, 6) is 0.308. The van der Waals surface area contributed by atoms with Gasteiger partial charge in [0.1, 0.15) is 5.75 Å². The number of hydrogen-bond donors (Lipinski definition) is 0. The van der Waals surface area contributed by atoms with Crippen LogP contribution in [0.2, 0.25) is 0 Å². The molecule has 2 heterocycles. The van der Waals surface area contributed by atoms with Crippen LogP contribution in [0.3, 0.4) is 0 Å². The van der Waals surface area contributed by atoms with E-state index in [4.69, 9.17) is 9.47 Å². The van der Waals surface area contributed by atoms with Crippen LogP contribution in [0.15, 0.2) is 18.2 Å². The maximum Gasteiger partial charge on any atom is 0.242 e. The predicted octanol–water partition coefficient (Wildman–Crippen LogP) is 2.24. The molecule has 2 unspecified atom stereocenters. The number of fused-ring (bicyclic) bond motifs is 3. The van der Waals surface area contributed by atoms with Crippen molar-refractivity contribution in [3.8, 4) is 5.75 Å². The lowest BCUT2D eigenvalue weighted by Crippen LogP contribution is -2.16. The Balaban J connectivity index is 2.12. The van der Waals surface area contributed by atoms with Crippen LogP contribution in [-0.4, -0.2) is 11.6 Å². The van der Waals surface area contributed by atoms with Gasteiger partial charge >= 0.3 is 0 Å². The molecule has 0 saturated carbocycles. The predicted molar refractivity (Wildman–Crippen MR) is 53.9 cm³/mol. The van der Waals surface area contributed by atoms with Gasteiger partial charge in [-0.2, -0.15) is 0 Å². The first-order valence-electron chi connectivity index (χ1n) is 5.01. The van der Waals surface area contributed by atoms with Crippen LogP contribution in [-0.2, 0) is 10.3 Å². The molecular formula is C12H12O3. The quantitative estimate of drug-likeness (QED) is 0.520. The minimum atomic E-state index is -0.523. The summed E-state index contributed by atoms with van der Waals surface area (Å²) in [6, 6.07) is 5.54. The fourth-order valence-corrected chi connectivity index (χ4v) is 2.21. The van der Waals surface area contributed by atoms with Gasteiger partial charge in [-0.15, -0.1) is 0 Å². The summed E-state index contributed by atoms with van der Waals surface area (Å²) in [7, 11) is 0. The summed E-state index contributed by atoms with van der Waals surface area (Å²) in [6.45, 7) is 5.48. The molecule has 0 aliphatic carbocycles. The van der Waals surface area contributed by atoms with E-state index in [1.807, 2.05) is 26.0 Å². The van der Waals surface area contributed by atoms with E-state index in [0.717, 1.165) is 11.3 Å². The monoisotopic (exact) mass is 204 g/mol. The molecule has 0 N–H and O–H groups in total. The summed E-state index contributed by atoms with van der Waals surface area (Å²) in [5, 5.41) is 0. The molecule has 3 nitrogen and oxygen atoms in total. The van der Waals surface area contributed by atoms with Crippen molar-refractivity contribution in [3.05, 3.63) is 29.3 Å². The molecule has 0 bridgehead atoms. The van der Waals surface area contributed by atoms with Crippen LogP contribution >= 0.6 is 0 Å². The number of epoxide rings is 1. The second-order valence-electron chi connectivity index (χ2n) is 4.45. The fourth-order valence-electron chi connectivity index (χ4n) is 2.21. The summed E-state index contributed by atoms with van der Waals surface area (Å²) < 4.78 is 11.2. The number of carbonyl (C=O) groups is 1. The van der Waals surface area contributed by atoms with Crippen LogP contribution in [0.25, 0.3) is 0 Å². The molecule has 1 aromatic carbocycles. The first-order valence-corrected chi connectivity index (χ1v) is 5.01. The fraction of sp³-hybridized carbons (Fsp3) is 0.417. The molecule has 0 amide bonds. The van der Waals surface area contributed by atoms with Gasteiger partial charge in [0.25, 0.3) is 0 Å². The van der Waals surface area contributed by atoms with Crippen molar-refractivity contribution in [3.63, 3.8) is 0 Å². The van der Waals surface area contributed by atoms with E-state index >= 15 is 0 Å². The van der Waals surface area contributed by atoms with Crippen molar-refractivity contribution < 1.29 is 14.3 Å². The Morgan fingerprint density at radius 2 is 2.07 bits per heavy atom. The van der Waals surface area contributed by atoms with Gasteiger partial charge in [-0.25, -0.2) is 0 Å². The second-order valence-corrected chi connectivity index (χ2v) is 4.45. The van der Waals surface area contributed by atoms with E-state index in [0.29, 0.717) is 5.56 Å². The molecule has 1 aromatic rings. The van der Waals surface area contributed by atoms with Gasteiger partial charge < -0.3 is 9.47 Å².